The van der Waals surface area contributed by atoms with Crippen LogP contribution in [0.3, 0.4) is 0 Å². The average molecular weight is 287 g/mol. The lowest BCUT2D eigenvalue weighted by molar-refractivity contribution is 0.578. The third-order valence-electron chi connectivity index (χ3n) is 3.87. The van der Waals surface area contributed by atoms with E-state index in [-0.39, 0.29) is 6.04 Å². The summed E-state index contributed by atoms with van der Waals surface area (Å²) in [6.45, 7) is 4.54. The molecule has 0 aliphatic carbocycles. The fraction of sp³-hybridized carbons (Fsp3) is 0.438. The van der Waals surface area contributed by atoms with Crippen LogP contribution >= 0.6 is 11.3 Å². The van der Waals surface area contributed by atoms with Gasteiger partial charge in [0.15, 0.2) is 0 Å². The zero-order chi connectivity index (χ0) is 13.8. The first-order valence-electron chi connectivity index (χ1n) is 7.32. The van der Waals surface area contributed by atoms with Crippen molar-refractivity contribution < 1.29 is 0 Å². The van der Waals surface area contributed by atoms with Gasteiger partial charge in [-0.05, 0) is 50.5 Å². The summed E-state index contributed by atoms with van der Waals surface area (Å²) >= 11 is 1.64. The fourth-order valence-corrected chi connectivity index (χ4v) is 3.33. The first-order valence-corrected chi connectivity index (χ1v) is 8.27. The number of thiazole rings is 1. The van der Waals surface area contributed by atoms with E-state index in [2.05, 4.69) is 51.8 Å². The molecule has 3 rings (SSSR count). The maximum Gasteiger partial charge on any atom is 0.0795 e. The normalized spacial score (nSPS) is 16.9. The van der Waals surface area contributed by atoms with E-state index < -0.39 is 0 Å². The molecule has 1 unspecified atom stereocenters. The summed E-state index contributed by atoms with van der Waals surface area (Å²) in [7, 11) is 0. The minimum atomic E-state index is 0.252. The Morgan fingerprint density at radius 2 is 1.90 bits per heavy atom. The van der Waals surface area contributed by atoms with Crippen molar-refractivity contribution in [1.29, 1.82) is 0 Å². The Kier molecular flexibility index (Phi) is 4.21. The van der Waals surface area contributed by atoms with Gasteiger partial charge in [0.05, 0.1) is 17.2 Å². The second-order valence-electron chi connectivity index (χ2n) is 5.37. The number of piperidine rings is 1. The second kappa shape index (κ2) is 6.27. The van der Waals surface area contributed by atoms with Gasteiger partial charge >= 0.3 is 0 Å². The molecule has 1 aromatic heterocycles. The molecule has 3 nitrogen and oxygen atoms in total. The van der Waals surface area contributed by atoms with Crippen LogP contribution < -0.4 is 10.2 Å². The predicted molar refractivity (Wildman–Crippen MR) is 86.7 cm³/mol. The Morgan fingerprint density at radius 3 is 2.55 bits per heavy atom. The maximum absolute atomic E-state index is 4.35. The summed E-state index contributed by atoms with van der Waals surface area (Å²) in [5.74, 6) is 0. The van der Waals surface area contributed by atoms with E-state index in [1.54, 1.807) is 11.3 Å². The lowest BCUT2D eigenvalue weighted by atomic mass is 10.1. The van der Waals surface area contributed by atoms with Gasteiger partial charge in [-0.3, -0.25) is 0 Å². The van der Waals surface area contributed by atoms with E-state index >= 15 is 0 Å². The van der Waals surface area contributed by atoms with Crippen molar-refractivity contribution >= 4 is 22.7 Å². The number of hydrogen-bond donors (Lipinski definition) is 1. The molecule has 1 atom stereocenters. The number of nitrogens with zero attached hydrogens (tertiary/aromatic N) is 2. The SMILES string of the molecule is CC(Nc1ccc(N2CCCCC2)cc1)c1cscn1. The molecule has 0 bridgehead atoms. The summed E-state index contributed by atoms with van der Waals surface area (Å²) < 4.78 is 0. The molecule has 1 aliphatic rings. The molecule has 0 amide bonds. The molecule has 20 heavy (non-hydrogen) atoms. The smallest absolute Gasteiger partial charge is 0.0795 e. The molecule has 1 aromatic carbocycles. The molecule has 1 fully saturated rings. The third kappa shape index (κ3) is 3.12. The maximum atomic E-state index is 4.35. The van der Waals surface area contributed by atoms with Crippen molar-refractivity contribution in [3.63, 3.8) is 0 Å². The van der Waals surface area contributed by atoms with Gasteiger partial charge < -0.3 is 10.2 Å². The lowest BCUT2D eigenvalue weighted by Crippen LogP contribution is -2.29. The van der Waals surface area contributed by atoms with Gasteiger partial charge in [-0.25, -0.2) is 4.98 Å². The third-order valence-corrected chi connectivity index (χ3v) is 4.47. The van der Waals surface area contributed by atoms with Gasteiger partial charge in [-0.2, -0.15) is 0 Å². The molecule has 0 spiro atoms. The topological polar surface area (TPSA) is 28.2 Å². The number of aromatic nitrogens is 1. The van der Waals surface area contributed by atoms with Gasteiger partial charge in [0.2, 0.25) is 0 Å². The quantitative estimate of drug-likeness (QED) is 0.908. The average Bonchev–Trinajstić information content (AvgIpc) is 3.03. The van der Waals surface area contributed by atoms with E-state index in [9.17, 15) is 0 Å². The lowest BCUT2D eigenvalue weighted by Gasteiger charge is -2.29. The zero-order valence-electron chi connectivity index (χ0n) is 11.9. The summed E-state index contributed by atoms with van der Waals surface area (Å²) in [6.07, 6.45) is 4.02. The van der Waals surface area contributed by atoms with Gasteiger partial charge in [0, 0.05) is 29.8 Å². The Balaban J connectivity index is 1.63. The highest BCUT2D eigenvalue weighted by Crippen LogP contribution is 2.24. The number of rotatable bonds is 4. The Hall–Kier alpha value is -1.55. The van der Waals surface area contributed by atoms with Gasteiger partial charge in [-0.1, -0.05) is 0 Å². The van der Waals surface area contributed by atoms with E-state index in [0.29, 0.717) is 0 Å². The Morgan fingerprint density at radius 1 is 1.15 bits per heavy atom. The van der Waals surface area contributed by atoms with Crippen LogP contribution in [0.2, 0.25) is 0 Å². The minimum absolute atomic E-state index is 0.252. The standard InChI is InChI=1S/C16H21N3S/c1-13(16-11-20-12-17-16)18-14-5-7-15(8-6-14)19-9-3-2-4-10-19/h5-8,11-13,18H,2-4,9-10H2,1H3. The van der Waals surface area contributed by atoms with Crippen molar-refractivity contribution in [2.45, 2.75) is 32.2 Å². The molecular formula is C16H21N3S. The number of nitrogens with one attached hydrogen (secondary N) is 1. The van der Waals surface area contributed by atoms with Crippen molar-refractivity contribution in [1.82, 2.24) is 4.98 Å². The van der Waals surface area contributed by atoms with Crippen LogP contribution in [0.4, 0.5) is 11.4 Å². The molecule has 2 aromatic rings. The molecule has 1 N–H and O–H groups in total. The van der Waals surface area contributed by atoms with Crippen molar-refractivity contribution in [3.8, 4) is 0 Å². The van der Waals surface area contributed by atoms with Crippen LogP contribution in [0.5, 0.6) is 0 Å². The van der Waals surface area contributed by atoms with E-state index in [4.69, 9.17) is 0 Å². The first kappa shape index (κ1) is 13.4. The van der Waals surface area contributed by atoms with Crippen LogP contribution in [0.15, 0.2) is 35.2 Å². The molecule has 0 radical (unpaired) electrons. The summed E-state index contributed by atoms with van der Waals surface area (Å²) in [5, 5.41) is 5.60. The molecular weight excluding hydrogens is 266 g/mol. The summed E-state index contributed by atoms with van der Waals surface area (Å²) in [4.78, 5) is 6.83. The van der Waals surface area contributed by atoms with Crippen LogP contribution in [-0.4, -0.2) is 18.1 Å². The first-order chi connectivity index (χ1) is 9.83. The fourth-order valence-electron chi connectivity index (χ4n) is 2.68. The summed E-state index contributed by atoms with van der Waals surface area (Å²) in [6, 6.07) is 9.05. The van der Waals surface area contributed by atoms with E-state index in [1.807, 2.05) is 5.51 Å². The highest BCUT2D eigenvalue weighted by Gasteiger charge is 2.11. The second-order valence-corrected chi connectivity index (χ2v) is 6.09. The van der Waals surface area contributed by atoms with Crippen LogP contribution in [0.1, 0.15) is 37.9 Å². The van der Waals surface area contributed by atoms with Crippen LogP contribution in [0.25, 0.3) is 0 Å². The molecule has 1 aliphatic heterocycles. The Bertz CT molecular complexity index is 515. The highest BCUT2D eigenvalue weighted by atomic mass is 32.1. The zero-order valence-corrected chi connectivity index (χ0v) is 12.7. The summed E-state index contributed by atoms with van der Waals surface area (Å²) in [5.41, 5.74) is 5.49. The predicted octanol–water partition coefficient (Wildman–Crippen LogP) is 4.31. The molecule has 2 heterocycles. The Labute approximate surface area is 124 Å². The highest BCUT2D eigenvalue weighted by molar-refractivity contribution is 7.07. The largest absolute Gasteiger partial charge is 0.377 e. The van der Waals surface area contributed by atoms with E-state index in [1.165, 1.54) is 38.0 Å². The van der Waals surface area contributed by atoms with Gasteiger partial charge in [0.1, 0.15) is 0 Å². The molecule has 106 valence electrons. The van der Waals surface area contributed by atoms with Crippen LogP contribution in [-0.2, 0) is 0 Å². The number of anilines is 2. The number of hydrogen-bond acceptors (Lipinski definition) is 4. The van der Waals surface area contributed by atoms with Gasteiger partial charge in [-0.15, -0.1) is 11.3 Å². The van der Waals surface area contributed by atoms with Crippen molar-refractivity contribution in [2.75, 3.05) is 23.3 Å². The van der Waals surface area contributed by atoms with Gasteiger partial charge in [0.25, 0.3) is 0 Å². The molecule has 0 saturated carbocycles. The van der Waals surface area contributed by atoms with E-state index in [0.717, 1.165) is 11.4 Å². The number of benzene rings is 1. The van der Waals surface area contributed by atoms with Crippen molar-refractivity contribution in [2.24, 2.45) is 0 Å². The molecule has 4 heteroatoms. The van der Waals surface area contributed by atoms with Crippen molar-refractivity contribution in [3.05, 3.63) is 40.8 Å². The molecule has 1 saturated heterocycles. The van der Waals surface area contributed by atoms with Crippen LogP contribution in [0, 0.1) is 0 Å². The monoisotopic (exact) mass is 287 g/mol. The minimum Gasteiger partial charge on any atom is -0.377 e.